The van der Waals surface area contributed by atoms with Crippen LogP contribution in [-0.4, -0.2) is 83.3 Å². The molecule has 2 saturated heterocycles. The molecular weight excluding hydrogens is 310 g/mol. The molecule has 0 aliphatic carbocycles. The predicted molar refractivity (Wildman–Crippen MR) is 90.1 cm³/mol. The average Bonchev–Trinajstić information content (AvgIpc) is 2.97. The Morgan fingerprint density at radius 1 is 1.42 bits per heavy atom. The predicted octanol–water partition coefficient (Wildman–Crippen LogP) is 0.456. The number of urea groups is 1. The Hall–Kier alpha value is -1.64. The van der Waals surface area contributed by atoms with E-state index in [1.807, 2.05) is 18.0 Å². The highest BCUT2D eigenvalue weighted by Crippen LogP contribution is 2.26. The molecule has 134 valence electrons. The van der Waals surface area contributed by atoms with Crippen LogP contribution in [0.25, 0.3) is 0 Å². The van der Waals surface area contributed by atoms with Gasteiger partial charge in [0.25, 0.3) is 0 Å². The maximum Gasteiger partial charge on any atom is 0.323 e. The first-order chi connectivity index (χ1) is 11.7. The maximum atomic E-state index is 12.5. The molecule has 2 N–H and O–H groups in total. The molecule has 0 radical (unpaired) electrons. The minimum atomic E-state index is -0.0897. The zero-order valence-corrected chi connectivity index (χ0v) is 14.3. The lowest BCUT2D eigenvalue weighted by atomic mass is 9.99. The fourth-order valence-corrected chi connectivity index (χ4v) is 3.28. The molecule has 1 unspecified atom stereocenters. The van der Waals surface area contributed by atoms with E-state index >= 15 is 0 Å². The third-order valence-electron chi connectivity index (χ3n) is 4.79. The molecule has 3 heterocycles. The number of anilines is 1. The second-order valence-corrected chi connectivity index (χ2v) is 6.47. The summed E-state index contributed by atoms with van der Waals surface area (Å²) in [5.74, 6) is 1.04. The largest absolute Gasteiger partial charge is 0.395 e. The zero-order valence-electron chi connectivity index (χ0n) is 14.3. The monoisotopic (exact) mass is 337 g/mol. The standard InChI is InChI=1S/C16H27N5O3/c1-19-15(11-14(18-19)13-3-2-10-24-12-13)17-16(23)21-6-4-20(5-7-21)8-9-22/h11,13,22H,2-10,12H2,1H3,(H,17,23). The quantitative estimate of drug-likeness (QED) is 0.834. The van der Waals surface area contributed by atoms with Crippen LogP contribution < -0.4 is 5.32 Å². The number of ether oxygens (including phenoxy) is 1. The smallest absolute Gasteiger partial charge is 0.323 e. The lowest BCUT2D eigenvalue weighted by Crippen LogP contribution is -2.50. The van der Waals surface area contributed by atoms with Crippen molar-refractivity contribution in [3.05, 3.63) is 11.8 Å². The molecule has 1 atom stereocenters. The minimum absolute atomic E-state index is 0.0897. The Morgan fingerprint density at radius 2 is 2.21 bits per heavy atom. The highest BCUT2D eigenvalue weighted by Gasteiger charge is 2.23. The Balaban J connectivity index is 1.55. The number of aliphatic hydroxyl groups excluding tert-OH is 1. The summed E-state index contributed by atoms with van der Waals surface area (Å²) in [6.07, 6.45) is 2.14. The Kier molecular flexibility index (Phi) is 5.70. The maximum absolute atomic E-state index is 12.5. The molecule has 8 nitrogen and oxygen atoms in total. The van der Waals surface area contributed by atoms with Crippen molar-refractivity contribution in [3.8, 4) is 0 Å². The zero-order chi connectivity index (χ0) is 16.9. The second-order valence-electron chi connectivity index (χ2n) is 6.47. The number of amides is 2. The minimum Gasteiger partial charge on any atom is -0.395 e. The van der Waals surface area contributed by atoms with Crippen LogP contribution in [0.4, 0.5) is 10.6 Å². The Labute approximate surface area is 142 Å². The molecule has 2 fully saturated rings. The van der Waals surface area contributed by atoms with Gasteiger partial charge in [-0.05, 0) is 12.8 Å². The molecule has 0 saturated carbocycles. The number of rotatable bonds is 4. The van der Waals surface area contributed by atoms with Gasteiger partial charge in [0.1, 0.15) is 5.82 Å². The molecule has 0 aromatic carbocycles. The summed E-state index contributed by atoms with van der Waals surface area (Å²) in [6, 6.07) is 1.87. The highest BCUT2D eigenvalue weighted by atomic mass is 16.5. The number of nitrogens with one attached hydrogen (secondary N) is 1. The second kappa shape index (κ2) is 7.96. The van der Waals surface area contributed by atoms with E-state index in [4.69, 9.17) is 9.84 Å². The van der Waals surface area contributed by atoms with Crippen molar-refractivity contribution in [3.63, 3.8) is 0 Å². The summed E-state index contributed by atoms with van der Waals surface area (Å²) in [6.45, 7) is 5.30. The van der Waals surface area contributed by atoms with E-state index in [2.05, 4.69) is 15.3 Å². The van der Waals surface area contributed by atoms with Crippen molar-refractivity contribution in [2.24, 2.45) is 7.05 Å². The number of aliphatic hydroxyl groups is 1. The van der Waals surface area contributed by atoms with Crippen LogP contribution in [0.5, 0.6) is 0 Å². The topological polar surface area (TPSA) is 82.9 Å². The van der Waals surface area contributed by atoms with Crippen LogP contribution in [0, 0.1) is 0 Å². The molecule has 2 aliphatic heterocycles. The number of piperazine rings is 1. The number of carbonyl (C=O) groups is 1. The first-order valence-electron chi connectivity index (χ1n) is 8.68. The van der Waals surface area contributed by atoms with Crippen molar-refractivity contribution in [1.29, 1.82) is 0 Å². The molecule has 1 aromatic heterocycles. The number of aryl methyl sites for hydroxylation is 1. The van der Waals surface area contributed by atoms with E-state index in [1.54, 1.807) is 4.68 Å². The number of aromatic nitrogens is 2. The van der Waals surface area contributed by atoms with Crippen molar-refractivity contribution in [1.82, 2.24) is 19.6 Å². The number of hydrogen-bond donors (Lipinski definition) is 2. The highest BCUT2D eigenvalue weighted by molar-refractivity contribution is 5.88. The van der Waals surface area contributed by atoms with E-state index in [0.717, 1.165) is 44.0 Å². The summed E-state index contributed by atoms with van der Waals surface area (Å²) >= 11 is 0. The van der Waals surface area contributed by atoms with Crippen molar-refractivity contribution < 1.29 is 14.6 Å². The Morgan fingerprint density at radius 3 is 2.88 bits per heavy atom. The van der Waals surface area contributed by atoms with E-state index in [1.165, 1.54) is 0 Å². The van der Waals surface area contributed by atoms with Gasteiger partial charge in [-0.25, -0.2) is 4.79 Å². The van der Waals surface area contributed by atoms with Gasteiger partial charge in [-0.2, -0.15) is 5.10 Å². The molecule has 3 rings (SSSR count). The fraction of sp³-hybridized carbons (Fsp3) is 0.750. The van der Waals surface area contributed by atoms with E-state index in [-0.39, 0.29) is 12.6 Å². The van der Waals surface area contributed by atoms with Crippen molar-refractivity contribution >= 4 is 11.8 Å². The van der Waals surface area contributed by atoms with Crippen LogP contribution in [0.1, 0.15) is 24.5 Å². The first kappa shape index (κ1) is 17.2. The lowest BCUT2D eigenvalue weighted by molar-refractivity contribution is 0.0791. The molecule has 24 heavy (non-hydrogen) atoms. The van der Waals surface area contributed by atoms with Gasteiger partial charge in [0.2, 0.25) is 0 Å². The summed E-state index contributed by atoms with van der Waals surface area (Å²) in [7, 11) is 1.85. The number of carbonyl (C=O) groups excluding carboxylic acids is 1. The average molecular weight is 337 g/mol. The molecule has 0 bridgehead atoms. The van der Waals surface area contributed by atoms with Gasteiger partial charge in [0.05, 0.1) is 18.9 Å². The third-order valence-corrected chi connectivity index (χ3v) is 4.79. The normalized spacial score (nSPS) is 22.6. The van der Waals surface area contributed by atoms with E-state index < -0.39 is 0 Å². The first-order valence-corrected chi connectivity index (χ1v) is 8.68. The van der Waals surface area contributed by atoms with Gasteiger partial charge in [0.15, 0.2) is 0 Å². The number of β-amino-alcohol motifs (C(OH)–C–C–N with tert-alkyl or cyclic N) is 1. The van der Waals surface area contributed by atoms with Gasteiger partial charge in [-0.3, -0.25) is 14.9 Å². The summed E-state index contributed by atoms with van der Waals surface area (Å²) in [5.41, 5.74) is 0.986. The Bertz CT molecular complexity index is 548. The van der Waals surface area contributed by atoms with Crippen molar-refractivity contribution in [2.45, 2.75) is 18.8 Å². The van der Waals surface area contributed by atoms with E-state index in [9.17, 15) is 4.79 Å². The van der Waals surface area contributed by atoms with Gasteiger partial charge in [-0.1, -0.05) is 0 Å². The summed E-state index contributed by atoms with van der Waals surface area (Å²) < 4.78 is 7.25. The van der Waals surface area contributed by atoms with Gasteiger partial charge >= 0.3 is 6.03 Å². The lowest BCUT2D eigenvalue weighted by Gasteiger charge is -2.34. The molecule has 1 aromatic rings. The third kappa shape index (κ3) is 4.06. The SMILES string of the molecule is Cn1nc(C2CCCOC2)cc1NC(=O)N1CCN(CCO)CC1. The summed E-state index contributed by atoms with van der Waals surface area (Å²) in [5, 5.41) is 16.5. The van der Waals surface area contributed by atoms with E-state index in [0.29, 0.717) is 32.2 Å². The van der Waals surface area contributed by atoms with Crippen LogP contribution >= 0.6 is 0 Å². The number of hydrogen-bond acceptors (Lipinski definition) is 5. The van der Waals surface area contributed by atoms with Crippen LogP contribution in [0.2, 0.25) is 0 Å². The number of nitrogens with zero attached hydrogens (tertiary/aromatic N) is 4. The molecule has 2 amide bonds. The molecule has 2 aliphatic rings. The van der Waals surface area contributed by atoms with Gasteiger partial charge in [0, 0.05) is 58.4 Å². The van der Waals surface area contributed by atoms with Crippen molar-refractivity contribution in [2.75, 3.05) is 57.9 Å². The van der Waals surface area contributed by atoms with Gasteiger partial charge in [-0.15, -0.1) is 0 Å². The molecule has 0 spiro atoms. The van der Waals surface area contributed by atoms with Crippen LogP contribution in [0.15, 0.2) is 6.07 Å². The summed E-state index contributed by atoms with van der Waals surface area (Å²) in [4.78, 5) is 16.4. The molecular formula is C16H27N5O3. The molecule has 8 heteroatoms. The van der Waals surface area contributed by atoms with Gasteiger partial charge < -0.3 is 14.7 Å². The fourth-order valence-electron chi connectivity index (χ4n) is 3.28. The van der Waals surface area contributed by atoms with Crippen LogP contribution in [0.3, 0.4) is 0 Å². The van der Waals surface area contributed by atoms with Crippen LogP contribution in [-0.2, 0) is 11.8 Å².